The van der Waals surface area contributed by atoms with Crippen LogP contribution in [0.25, 0.3) is 0 Å². The first kappa shape index (κ1) is 21.5. The first-order chi connectivity index (χ1) is 14.9. The number of carbonyl (C=O) groups is 1. The van der Waals surface area contributed by atoms with E-state index in [-0.39, 0.29) is 11.5 Å². The summed E-state index contributed by atoms with van der Waals surface area (Å²) < 4.78 is 5.18. The highest BCUT2D eigenvalue weighted by atomic mass is 16.5. The molecule has 2 unspecified atom stereocenters. The Morgan fingerprint density at radius 2 is 1.94 bits per heavy atom. The standard InChI is InChI=1S/C25H32N4O2/c1-4-31-24(30)21-5-6-22(23(10-21)28-15-20-13-26-16-27-14-20)29-25(3)11-18-7-17(2)8-19(9-18)12-25/h5-6,10,13-19,29H,4,7-9,11-12H2,1-3H3/b28-15-. The zero-order valence-electron chi connectivity index (χ0n) is 18.7. The van der Waals surface area contributed by atoms with Gasteiger partial charge < -0.3 is 10.1 Å². The predicted octanol–water partition coefficient (Wildman–Crippen LogP) is 5.42. The van der Waals surface area contributed by atoms with E-state index in [1.54, 1.807) is 24.7 Å². The van der Waals surface area contributed by atoms with Crippen molar-refractivity contribution in [1.29, 1.82) is 0 Å². The fourth-order valence-electron chi connectivity index (χ4n) is 5.62. The SMILES string of the molecule is CCOC(=O)c1ccc(NC2(C)CC3CC(C)CC(C3)C2)c(/N=C\c2cncnc2)c1. The number of nitrogens with zero attached hydrogens (tertiary/aromatic N) is 3. The van der Waals surface area contributed by atoms with Crippen LogP contribution in [0.15, 0.2) is 41.9 Å². The summed E-state index contributed by atoms with van der Waals surface area (Å²) in [4.78, 5) is 25.1. The molecule has 0 amide bonds. The average molecular weight is 421 g/mol. The lowest BCUT2D eigenvalue weighted by atomic mass is 9.62. The van der Waals surface area contributed by atoms with Gasteiger partial charge in [-0.15, -0.1) is 0 Å². The molecule has 0 aliphatic heterocycles. The third-order valence-corrected chi connectivity index (χ3v) is 6.50. The Morgan fingerprint density at radius 1 is 1.23 bits per heavy atom. The number of hydrogen-bond acceptors (Lipinski definition) is 6. The van der Waals surface area contributed by atoms with Gasteiger partial charge in [-0.2, -0.15) is 0 Å². The van der Waals surface area contributed by atoms with Crippen molar-refractivity contribution >= 4 is 23.6 Å². The van der Waals surface area contributed by atoms with Crippen molar-refractivity contribution in [2.75, 3.05) is 11.9 Å². The molecule has 2 bridgehead atoms. The summed E-state index contributed by atoms with van der Waals surface area (Å²) in [6.45, 7) is 6.88. The van der Waals surface area contributed by atoms with E-state index in [1.165, 1.54) is 38.4 Å². The molecule has 1 aromatic heterocycles. The van der Waals surface area contributed by atoms with E-state index in [1.807, 2.05) is 19.1 Å². The number of rotatable bonds is 6. The summed E-state index contributed by atoms with van der Waals surface area (Å²) in [7, 11) is 0. The van der Waals surface area contributed by atoms with Crippen molar-refractivity contribution in [3.8, 4) is 0 Å². The number of carbonyl (C=O) groups excluding carboxylic acids is 1. The van der Waals surface area contributed by atoms with Gasteiger partial charge in [-0.3, -0.25) is 4.99 Å². The van der Waals surface area contributed by atoms with Crippen LogP contribution in [0, 0.1) is 17.8 Å². The summed E-state index contributed by atoms with van der Waals surface area (Å²) >= 11 is 0. The molecule has 0 saturated heterocycles. The second kappa shape index (κ2) is 9.16. The molecule has 2 atom stereocenters. The number of benzene rings is 1. The maximum Gasteiger partial charge on any atom is 0.338 e. The maximum absolute atomic E-state index is 12.3. The largest absolute Gasteiger partial charge is 0.462 e. The van der Waals surface area contributed by atoms with Gasteiger partial charge in [0.2, 0.25) is 0 Å². The fraction of sp³-hybridized carbons (Fsp3) is 0.520. The van der Waals surface area contributed by atoms with Crippen LogP contribution in [0.4, 0.5) is 11.4 Å². The van der Waals surface area contributed by atoms with Gasteiger partial charge in [0.15, 0.2) is 0 Å². The van der Waals surface area contributed by atoms with Gasteiger partial charge in [-0.25, -0.2) is 14.8 Å². The lowest BCUT2D eigenvalue weighted by molar-refractivity contribution is 0.0526. The Hall–Kier alpha value is -2.76. The zero-order valence-corrected chi connectivity index (χ0v) is 18.7. The molecule has 1 N–H and O–H groups in total. The Bertz CT molecular complexity index is 926. The highest BCUT2D eigenvalue weighted by Crippen LogP contribution is 2.48. The summed E-state index contributed by atoms with van der Waals surface area (Å²) in [5.41, 5.74) is 3.00. The van der Waals surface area contributed by atoms with Gasteiger partial charge in [0.05, 0.1) is 23.5 Å². The van der Waals surface area contributed by atoms with Crippen LogP contribution in [0.5, 0.6) is 0 Å². The Morgan fingerprint density at radius 3 is 2.61 bits per heavy atom. The average Bonchev–Trinajstić information content (AvgIpc) is 2.72. The molecule has 2 saturated carbocycles. The van der Waals surface area contributed by atoms with Crippen LogP contribution >= 0.6 is 0 Å². The zero-order chi connectivity index (χ0) is 21.8. The smallest absolute Gasteiger partial charge is 0.338 e. The number of nitrogens with one attached hydrogen (secondary N) is 1. The molecule has 4 rings (SSSR count). The van der Waals surface area contributed by atoms with E-state index >= 15 is 0 Å². The first-order valence-electron chi connectivity index (χ1n) is 11.3. The quantitative estimate of drug-likeness (QED) is 0.499. The van der Waals surface area contributed by atoms with Crippen LogP contribution in [0.3, 0.4) is 0 Å². The molecule has 2 fully saturated rings. The molecule has 2 aromatic rings. The van der Waals surface area contributed by atoms with E-state index in [0.29, 0.717) is 12.2 Å². The second-order valence-electron chi connectivity index (χ2n) is 9.52. The number of ether oxygens (including phenoxy) is 1. The van der Waals surface area contributed by atoms with E-state index < -0.39 is 0 Å². The molecule has 2 aliphatic carbocycles. The molecule has 31 heavy (non-hydrogen) atoms. The van der Waals surface area contributed by atoms with Crippen LogP contribution in [0.1, 0.15) is 68.8 Å². The van der Waals surface area contributed by atoms with E-state index in [0.717, 1.165) is 34.7 Å². The number of aromatic nitrogens is 2. The van der Waals surface area contributed by atoms with Crippen molar-refractivity contribution in [3.63, 3.8) is 0 Å². The van der Waals surface area contributed by atoms with Crippen molar-refractivity contribution in [2.45, 2.75) is 58.4 Å². The monoisotopic (exact) mass is 420 g/mol. The van der Waals surface area contributed by atoms with Crippen LogP contribution in [-0.4, -0.2) is 34.3 Å². The highest BCUT2D eigenvalue weighted by Gasteiger charge is 2.41. The van der Waals surface area contributed by atoms with Gasteiger partial charge in [-0.1, -0.05) is 6.92 Å². The minimum Gasteiger partial charge on any atom is -0.462 e. The molecule has 0 radical (unpaired) electrons. The van der Waals surface area contributed by atoms with Crippen LogP contribution < -0.4 is 5.32 Å². The normalized spacial score (nSPS) is 27.8. The minimum atomic E-state index is -0.332. The second-order valence-corrected chi connectivity index (χ2v) is 9.52. The molecule has 164 valence electrons. The lowest BCUT2D eigenvalue weighted by Gasteiger charge is -2.48. The molecular formula is C25H32N4O2. The lowest BCUT2D eigenvalue weighted by Crippen LogP contribution is -2.45. The first-order valence-corrected chi connectivity index (χ1v) is 11.3. The molecule has 6 heteroatoms. The Balaban J connectivity index is 1.61. The number of esters is 1. The van der Waals surface area contributed by atoms with Crippen molar-refractivity contribution in [1.82, 2.24) is 9.97 Å². The number of hydrogen-bond donors (Lipinski definition) is 1. The van der Waals surface area contributed by atoms with Crippen molar-refractivity contribution < 1.29 is 9.53 Å². The van der Waals surface area contributed by atoms with E-state index in [2.05, 4.69) is 34.1 Å². The molecule has 2 aliphatic rings. The fourth-order valence-corrected chi connectivity index (χ4v) is 5.62. The minimum absolute atomic E-state index is 0.0271. The molecule has 6 nitrogen and oxygen atoms in total. The third-order valence-electron chi connectivity index (χ3n) is 6.50. The highest BCUT2D eigenvalue weighted by molar-refractivity contribution is 5.93. The predicted molar refractivity (Wildman–Crippen MR) is 123 cm³/mol. The molecular weight excluding hydrogens is 388 g/mol. The number of anilines is 1. The molecule has 1 heterocycles. The van der Waals surface area contributed by atoms with Gasteiger partial charge in [0, 0.05) is 29.7 Å². The van der Waals surface area contributed by atoms with Crippen molar-refractivity contribution in [2.24, 2.45) is 22.7 Å². The maximum atomic E-state index is 12.3. The van der Waals surface area contributed by atoms with Crippen LogP contribution in [-0.2, 0) is 4.74 Å². The number of fused-ring (bicyclic) bond motifs is 2. The van der Waals surface area contributed by atoms with E-state index in [9.17, 15) is 4.79 Å². The van der Waals surface area contributed by atoms with E-state index in [4.69, 9.17) is 4.74 Å². The van der Waals surface area contributed by atoms with Crippen LogP contribution in [0.2, 0.25) is 0 Å². The topological polar surface area (TPSA) is 76.5 Å². The summed E-state index contributed by atoms with van der Waals surface area (Å²) in [5, 5.41) is 3.81. The number of aliphatic imine (C=N–C) groups is 1. The summed E-state index contributed by atoms with van der Waals surface area (Å²) in [6, 6.07) is 5.58. The van der Waals surface area contributed by atoms with Gasteiger partial charge >= 0.3 is 5.97 Å². The Labute approximate surface area is 184 Å². The third kappa shape index (κ3) is 5.30. The summed E-state index contributed by atoms with van der Waals surface area (Å²) in [6.07, 6.45) is 13.0. The molecule has 0 spiro atoms. The van der Waals surface area contributed by atoms with Crippen molar-refractivity contribution in [3.05, 3.63) is 48.0 Å². The van der Waals surface area contributed by atoms with Gasteiger partial charge in [-0.05, 0) is 81.9 Å². The molecule has 1 aromatic carbocycles. The van der Waals surface area contributed by atoms with Gasteiger partial charge in [0.1, 0.15) is 6.33 Å². The summed E-state index contributed by atoms with van der Waals surface area (Å²) in [5.74, 6) is 2.07. The Kier molecular flexibility index (Phi) is 6.35. The van der Waals surface area contributed by atoms with Gasteiger partial charge in [0.25, 0.3) is 0 Å².